The van der Waals surface area contributed by atoms with Gasteiger partial charge in [-0.15, -0.1) is 5.10 Å². The van der Waals surface area contributed by atoms with E-state index < -0.39 is 5.24 Å². The zero-order valence-corrected chi connectivity index (χ0v) is 23.6. The highest BCUT2D eigenvalue weighted by molar-refractivity contribution is 6.68. The van der Waals surface area contributed by atoms with Crippen molar-refractivity contribution < 1.29 is 9.59 Å². The molecule has 208 valence electrons. The molecule has 0 radical (unpaired) electrons. The van der Waals surface area contributed by atoms with Gasteiger partial charge < -0.3 is 0 Å². The van der Waals surface area contributed by atoms with Gasteiger partial charge in [0.2, 0.25) is 5.91 Å². The Morgan fingerprint density at radius 2 is 1.60 bits per heavy atom. The fourth-order valence-electron chi connectivity index (χ4n) is 5.10. The van der Waals surface area contributed by atoms with Gasteiger partial charge in [-0.1, -0.05) is 91.0 Å². The number of para-hydroxylation sites is 1. The zero-order chi connectivity index (χ0) is 29.1. The van der Waals surface area contributed by atoms with Crippen LogP contribution in [0, 0.1) is 0 Å². The summed E-state index contributed by atoms with van der Waals surface area (Å²) in [5, 5.41) is 16.8. The Bertz CT molecular complexity index is 1880. The molecule has 4 aromatic carbocycles. The Hall–Kier alpha value is -5.08. The van der Waals surface area contributed by atoms with Crippen LogP contribution >= 0.6 is 11.6 Å². The van der Waals surface area contributed by atoms with E-state index in [2.05, 4.69) is 32.6 Å². The average Bonchev–Trinajstić information content (AvgIpc) is 3.63. The number of nitrogens with zero attached hydrogens (tertiary/aromatic N) is 5. The summed E-state index contributed by atoms with van der Waals surface area (Å²) in [4.78, 5) is 27.3. The van der Waals surface area contributed by atoms with Gasteiger partial charge in [-0.3, -0.25) is 19.6 Å². The van der Waals surface area contributed by atoms with Crippen molar-refractivity contribution in [3.63, 3.8) is 0 Å². The Morgan fingerprint density at radius 1 is 0.881 bits per heavy atom. The molecular formula is C33H27ClN6O2. The maximum absolute atomic E-state index is 13.5. The van der Waals surface area contributed by atoms with Crippen molar-refractivity contribution >= 4 is 45.2 Å². The largest absolute Gasteiger partial charge is 0.276 e. The Kier molecular flexibility index (Phi) is 7.62. The second kappa shape index (κ2) is 11.8. The summed E-state index contributed by atoms with van der Waals surface area (Å²) in [6, 6.07) is 32.8. The second-order valence-corrected chi connectivity index (χ2v) is 10.2. The number of aromatic nitrogens is 5. The number of aromatic amines is 1. The Morgan fingerprint density at radius 3 is 2.33 bits per heavy atom. The van der Waals surface area contributed by atoms with Crippen LogP contribution in [0.1, 0.15) is 35.7 Å². The van der Waals surface area contributed by atoms with Gasteiger partial charge >= 0.3 is 0 Å². The van der Waals surface area contributed by atoms with Crippen LogP contribution in [0.4, 0.5) is 11.5 Å². The van der Waals surface area contributed by atoms with E-state index >= 15 is 0 Å². The van der Waals surface area contributed by atoms with E-state index in [1.54, 1.807) is 24.3 Å². The molecule has 0 fully saturated rings. The molecule has 0 bridgehead atoms. The van der Waals surface area contributed by atoms with Crippen molar-refractivity contribution in [3.05, 3.63) is 114 Å². The normalized spacial score (nSPS) is 11.1. The maximum Gasteiger partial charge on any atom is 0.254 e. The quantitative estimate of drug-likeness (QED) is 0.182. The summed E-state index contributed by atoms with van der Waals surface area (Å²) in [5.74, 6) is 0.189. The number of anilines is 2. The molecule has 8 nitrogen and oxygen atoms in total. The smallest absolute Gasteiger partial charge is 0.254 e. The highest BCUT2D eigenvalue weighted by atomic mass is 35.5. The van der Waals surface area contributed by atoms with E-state index in [1.807, 2.05) is 78.3 Å². The van der Waals surface area contributed by atoms with Gasteiger partial charge in [-0.2, -0.15) is 5.10 Å². The van der Waals surface area contributed by atoms with E-state index in [9.17, 15) is 9.59 Å². The van der Waals surface area contributed by atoms with Crippen LogP contribution in [0.15, 0.2) is 103 Å². The van der Waals surface area contributed by atoms with Gasteiger partial charge in [0.15, 0.2) is 5.82 Å². The molecule has 6 rings (SSSR count). The topological polar surface area (TPSA) is 96.8 Å². The van der Waals surface area contributed by atoms with Crippen LogP contribution < -0.4 is 4.90 Å². The third kappa shape index (κ3) is 5.20. The van der Waals surface area contributed by atoms with Gasteiger partial charge in [0.05, 0.1) is 29.0 Å². The third-order valence-electron chi connectivity index (χ3n) is 7.06. The van der Waals surface area contributed by atoms with Gasteiger partial charge in [-0.25, -0.2) is 4.68 Å². The lowest BCUT2D eigenvalue weighted by atomic mass is 10.0. The maximum atomic E-state index is 13.5. The molecule has 2 heterocycles. The number of nitrogens with one attached hydrogen (secondary N) is 1. The summed E-state index contributed by atoms with van der Waals surface area (Å²) >= 11 is 5.93. The number of carbonyl (C=O) groups is 2. The summed E-state index contributed by atoms with van der Waals surface area (Å²) in [6.07, 6.45) is 0.899. The minimum absolute atomic E-state index is 0.194. The molecule has 0 atom stereocenters. The minimum atomic E-state index is -0.650. The fraction of sp³-hybridized carbons (Fsp3) is 0.121. The van der Waals surface area contributed by atoms with E-state index in [-0.39, 0.29) is 17.9 Å². The van der Waals surface area contributed by atoms with Crippen LogP contribution in [0.5, 0.6) is 0 Å². The molecular weight excluding hydrogens is 548 g/mol. The fourth-order valence-corrected chi connectivity index (χ4v) is 5.26. The first-order valence-electron chi connectivity index (χ1n) is 13.7. The number of fused-ring (bicyclic) bond motifs is 1. The summed E-state index contributed by atoms with van der Waals surface area (Å²) in [5.41, 5.74) is 5.82. The van der Waals surface area contributed by atoms with E-state index in [4.69, 9.17) is 11.6 Å². The van der Waals surface area contributed by atoms with Crippen LogP contribution in [0.2, 0.25) is 0 Å². The van der Waals surface area contributed by atoms with Gasteiger partial charge in [-0.05, 0) is 47.9 Å². The molecule has 9 heteroatoms. The van der Waals surface area contributed by atoms with Crippen molar-refractivity contribution in [2.75, 3.05) is 4.90 Å². The van der Waals surface area contributed by atoms with Gasteiger partial charge in [0.1, 0.15) is 5.69 Å². The second-order valence-electron chi connectivity index (χ2n) is 9.87. The number of H-pyrrole nitrogens is 1. The van der Waals surface area contributed by atoms with Crippen LogP contribution in [-0.2, 0) is 11.3 Å². The van der Waals surface area contributed by atoms with E-state index in [0.717, 1.165) is 27.9 Å². The molecule has 6 aromatic rings. The highest BCUT2D eigenvalue weighted by Gasteiger charge is 2.27. The van der Waals surface area contributed by atoms with Crippen LogP contribution in [-0.4, -0.2) is 36.3 Å². The van der Waals surface area contributed by atoms with Gasteiger partial charge in [0, 0.05) is 22.9 Å². The summed E-state index contributed by atoms with van der Waals surface area (Å²) < 4.78 is 1.90. The standard InChI is InChI=1S/C33H27ClN6O2/c1-2-11-29(41)40(28-17-10-9-16-25(28)32(34)42)33-26-20-24(18-19-27(26)35-37-33)30-31(23-14-7-4-8-15-23)39(38-36-30)21-22-12-5-3-6-13-22/h3-10,12-20H,2,11,21H2,1H3,(H,35,37). The minimum Gasteiger partial charge on any atom is -0.276 e. The number of amides is 1. The third-order valence-corrected chi connectivity index (χ3v) is 7.26. The zero-order valence-electron chi connectivity index (χ0n) is 22.9. The van der Waals surface area contributed by atoms with Crippen LogP contribution in [0.25, 0.3) is 33.4 Å². The molecule has 2 aromatic heterocycles. The van der Waals surface area contributed by atoms with Crippen molar-refractivity contribution in [2.45, 2.75) is 26.3 Å². The Balaban J connectivity index is 1.51. The lowest BCUT2D eigenvalue weighted by molar-refractivity contribution is -0.117. The molecule has 0 aliphatic rings. The summed E-state index contributed by atoms with van der Waals surface area (Å²) in [6.45, 7) is 2.49. The number of hydrogen-bond acceptors (Lipinski definition) is 5. The molecule has 0 aliphatic carbocycles. The number of hydrogen-bond donors (Lipinski definition) is 1. The molecule has 1 N–H and O–H groups in total. The van der Waals surface area contributed by atoms with Crippen LogP contribution in [0.3, 0.4) is 0 Å². The van der Waals surface area contributed by atoms with E-state index in [1.165, 1.54) is 4.90 Å². The van der Waals surface area contributed by atoms with Crippen molar-refractivity contribution in [3.8, 4) is 22.5 Å². The molecule has 0 spiro atoms. The van der Waals surface area contributed by atoms with E-state index in [0.29, 0.717) is 35.6 Å². The first kappa shape index (κ1) is 27.1. The predicted molar refractivity (Wildman–Crippen MR) is 165 cm³/mol. The lowest BCUT2D eigenvalue weighted by Crippen LogP contribution is -2.27. The number of carbonyl (C=O) groups excluding carboxylic acids is 2. The molecule has 0 aliphatic heterocycles. The first-order chi connectivity index (χ1) is 20.5. The van der Waals surface area contributed by atoms with Gasteiger partial charge in [0.25, 0.3) is 5.24 Å². The summed E-state index contributed by atoms with van der Waals surface area (Å²) in [7, 11) is 0. The lowest BCUT2D eigenvalue weighted by Gasteiger charge is -2.22. The van der Waals surface area contributed by atoms with Crippen molar-refractivity contribution in [1.29, 1.82) is 0 Å². The monoisotopic (exact) mass is 574 g/mol. The molecule has 0 saturated carbocycles. The molecule has 0 unspecified atom stereocenters. The SMILES string of the molecule is CCCC(=O)N(c1ccccc1C(=O)Cl)c1n[nH]c2ccc(-c3nnn(Cc4ccccc4)c3-c3ccccc3)cc12. The number of halogens is 1. The first-order valence-corrected chi connectivity index (χ1v) is 14.1. The Labute approximate surface area is 247 Å². The van der Waals surface area contributed by atoms with Crippen molar-refractivity contribution in [2.24, 2.45) is 0 Å². The number of rotatable bonds is 9. The number of benzene rings is 4. The molecule has 42 heavy (non-hydrogen) atoms. The molecule has 1 amide bonds. The average molecular weight is 575 g/mol. The molecule has 0 saturated heterocycles. The van der Waals surface area contributed by atoms with Crippen molar-refractivity contribution in [1.82, 2.24) is 25.2 Å². The highest BCUT2D eigenvalue weighted by Crippen LogP contribution is 2.37. The predicted octanol–water partition coefficient (Wildman–Crippen LogP) is 7.38.